The topological polar surface area (TPSA) is 73.5 Å². The molecule has 1 atom stereocenters. The molecule has 0 radical (unpaired) electrons. The number of hydrogen-bond donors (Lipinski definition) is 3. The molecular formula is C27H28N4O2. The van der Waals surface area contributed by atoms with E-state index < -0.39 is 0 Å². The Labute approximate surface area is 194 Å². The first-order valence-corrected chi connectivity index (χ1v) is 11.4. The minimum Gasteiger partial charge on any atom is -0.345 e. The second-order valence-corrected chi connectivity index (χ2v) is 8.96. The maximum Gasteiger partial charge on any atom is 0.322 e. The Morgan fingerprint density at radius 3 is 2.18 bits per heavy atom. The van der Waals surface area contributed by atoms with Gasteiger partial charge in [-0.15, -0.1) is 0 Å². The molecule has 5 rings (SSSR count). The minimum atomic E-state index is -0.296. The van der Waals surface area contributed by atoms with Crippen molar-refractivity contribution in [3.05, 3.63) is 101 Å². The first-order valence-electron chi connectivity index (χ1n) is 11.4. The lowest BCUT2D eigenvalue weighted by atomic mass is 9.89. The van der Waals surface area contributed by atoms with Crippen molar-refractivity contribution in [3.8, 4) is 0 Å². The Hall–Kier alpha value is -3.64. The van der Waals surface area contributed by atoms with E-state index in [9.17, 15) is 9.59 Å². The monoisotopic (exact) mass is 440 g/mol. The third-order valence-electron chi connectivity index (χ3n) is 6.53. The van der Waals surface area contributed by atoms with E-state index in [1.807, 2.05) is 30.3 Å². The highest BCUT2D eigenvalue weighted by Gasteiger charge is 2.35. The van der Waals surface area contributed by atoms with Crippen LogP contribution in [0.4, 0.5) is 10.5 Å². The van der Waals surface area contributed by atoms with E-state index in [2.05, 4.69) is 40.2 Å². The van der Waals surface area contributed by atoms with Crippen molar-refractivity contribution >= 4 is 17.6 Å². The van der Waals surface area contributed by atoms with Crippen LogP contribution in [-0.2, 0) is 19.5 Å². The molecule has 168 valence electrons. The fraction of sp³-hybridized carbons (Fsp3) is 0.259. The van der Waals surface area contributed by atoms with Crippen molar-refractivity contribution in [3.63, 3.8) is 0 Å². The Kier molecular flexibility index (Phi) is 5.84. The largest absolute Gasteiger partial charge is 0.345 e. The van der Waals surface area contributed by atoms with E-state index >= 15 is 0 Å². The number of carbonyl (C=O) groups excluding carboxylic acids is 2. The standard InChI is InChI=1S/C27H28N4O2/c32-25(30-27(14-15-28-19-27)16-20-6-2-1-3-7-20)21-10-12-24(13-11-21)29-26(33)31-17-22-8-4-5-9-23(22)18-31/h1-13,28H,14-19H2,(H,29,33)(H,30,32)/t27-/m1/s1. The molecule has 0 spiro atoms. The molecule has 0 aromatic heterocycles. The molecule has 2 aliphatic heterocycles. The van der Waals surface area contributed by atoms with Crippen molar-refractivity contribution in [1.29, 1.82) is 0 Å². The van der Waals surface area contributed by atoms with Crippen LogP contribution in [0.15, 0.2) is 78.9 Å². The fourth-order valence-corrected chi connectivity index (χ4v) is 4.73. The molecule has 0 unspecified atom stereocenters. The summed E-state index contributed by atoms with van der Waals surface area (Å²) in [6.07, 6.45) is 1.68. The zero-order valence-electron chi connectivity index (χ0n) is 18.5. The summed E-state index contributed by atoms with van der Waals surface area (Å²) in [5.41, 5.74) is 4.55. The SMILES string of the molecule is O=C(N[C@@]1(Cc2ccccc2)CCNC1)c1ccc(NC(=O)N2Cc3ccccc3C2)cc1. The number of nitrogens with zero attached hydrogens (tertiary/aromatic N) is 1. The van der Waals surface area contributed by atoms with Crippen LogP contribution in [0, 0.1) is 0 Å². The molecule has 0 aliphatic carbocycles. The molecule has 3 aromatic rings. The smallest absolute Gasteiger partial charge is 0.322 e. The van der Waals surface area contributed by atoms with Gasteiger partial charge in [-0.3, -0.25) is 4.79 Å². The molecule has 2 heterocycles. The van der Waals surface area contributed by atoms with Gasteiger partial charge in [0, 0.05) is 30.9 Å². The first-order chi connectivity index (χ1) is 16.1. The predicted molar refractivity (Wildman–Crippen MR) is 129 cm³/mol. The lowest BCUT2D eigenvalue weighted by Gasteiger charge is -2.30. The molecule has 3 N–H and O–H groups in total. The van der Waals surface area contributed by atoms with E-state index in [1.54, 1.807) is 29.2 Å². The summed E-state index contributed by atoms with van der Waals surface area (Å²) in [6.45, 7) is 2.86. The first kappa shape index (κ1) is 21.2. The van der Waals surface area contributed by atoms with Crippen LogP contribution < -0.4 is 16.0 Å². The number of fused-ring (bicyclic) bond motifs is 1. The number of benzene rings is 3. The van der Waals surface area contributed by atoms with Crippen molar-refractivity contribution in [2.75, 3.05) is 18.4 Å². The lowest BCUT2D eigenvalue weighted by Crippen LogP contribution is -2.51. The zero-order chi connectivity index (χ0) is 22.7. The van der Waals surface area contributed by atoms with E-state index in [0.29, 0.717) is 24.3 Å². The van der Waals surface area contributed by atoms with E-state index in [4.69, 9.17) is 0 Å². The lowest BCUT2D eigenvalue weighted by molar-refractivity contribution is 0.0905. The van der Waals surface area contributed by atoms with E-state index in [1.165, 1.54) is 16.7 Å². The van der Waals surface area contributed by atoms with Crippen LogP contribution in [-0.4, -0.2) is 35.5 Å². The Bertz CT molecular complexity index is 1110. The minimum absolute atomic E-state index is 0.0949. The van der Waals surface area contributed by atoms with Crippen molar-refractivity contribution < 1.29 is 9.59 Å². The van der Waals surface area contributed by atoms with Crippen LogP contribution in [0.5, 0.6) is 0 Å². The number of amides is 3. The molecule has 33 heavy (non-hydrogen) atoms. The van der Waals surface area contributed by atoms with Gasteiger partial charge < -0.3 is 20.9 Å². The number of urea groups is 1. The zero-order valence-corrected chi connectivity index (χ0v) is 18.5. The second-order valence-electron chi connectivity index (χ2n) is 8.96. The van der Waals surface area contributed by atoms with Crippen LogP contribution in [0.3, 0.4) is 0 Å². The highest BCUT2D eigenvalue weighted by molar-refractivity contribution is 5.96. The van der Waals surface area contributed by atoms with Gasteiger partial charge in [0.05, 0.1) is 5.54 Å². The van der Waals surface area contributed by atoms with Crippen molar-refractivity contribution in [2.24, 2.45) is 0 Å². The van der Waals surface area contributed by atoms with Gasteiger partial charge >= 0.3 is 6.03 Å². The van der Waals surface area contributed by atoms with Gasteiger partial charge in [-0.2, -0.15) is 0 Å². The molecule has 0 saturated carbocycles. The summed E-state index contributed by atoms with van der Waals surface area (Å²) in [5, 5.41) is 9.61. The van der Waals surface area contributed by atoms with Crippen molar-refractivity contribution in [1.82, 2.24) is 15.5 Å². The number of anilines is 1. The van der Waals surface area contributed by atoms with E-state index in [0.717, 1.165) is 25.9 Å². The van der Waals surface area contributed by atoms with Crippen LogP contribution in [0.2, 0.25) is 0 Å². The number of hydrogen-bond acceptors (Lipinski definition) is 3. The van der Waals surface area contributed by atoms with Gasteiger partial charge in [0.15, 0.2) is 0 Å². The van der Waals surface area contributed by atoms with Gasteiger partial charge in [0.2, 0.25) is 0 Å². The molecular weight excluding hydrogens is 412 g/mol. The fourth-order valence-electron chi connectivity index (χ4n) is 4.73. The maximum absolute atomic E-state index is 13.0. The molecule has 3 aromatic carbocycles. The highest BCUT2D eigenvalue weighted by atomic mass is 16.2. The maximum atomic E-state index is 13.0. The van der Waals surface area contributed by atoms with Crippen LogP contribution in [0.25, 0.3) is 0 Å². The van der Waals surface area contributed by atoms with Crippen LogP contribution >= 0.6 is 0 Å². The van der Waals surface area contributed by atoms with Crippen molar-refractivity contribution in [2.45, 2.75) is 31.5 Å². The average molecular weight is 441 g/mol. The molecule has 0 bridgehead atoms. The van der Waals surface area contributed by atoms with E-state index in [-0.39, 0.29) is 17.5 Å². The normalized spacial score (nSPS) is 19.2. The van der Waals surface area contributed by atoms with Gasteiger partial charge in [-0.1, -0.05) is 54.6 Å². The molecule has 6 nitrogen and oxygen atoms in total. The summed E-state index contributed by atoms with van der Waals surface area (Å²) in [4.78, 5) is 27.5. The third kappa shape index (κ3) is 4.76. The Morgan fingerprint density at radius 1 is 0.879 bits per heavy atom. The average Bonchev–Trinajstić information content (AvgIpc) is 3.47. The molecule has 3 amide bonds. The predicted octanol–water partition coefficient (Wildman–Crippen LogP) is 3.94. The summed E-state index contributed by atoms with van der Waals surface area (Å²) in [7, 11) is 0. The molecule has 6 heteroatoms. The van der Waals surface area contributed by atoms with Gasteiger partial charge in [-0.05, 0) is 60.3 Å². The molecule has 1 fully saturated rings. The van der Waals surface area contributed by atoms with Crippen LogP contribution in [0.1, 0.15) is 33.5 Å². The summed E-state index contributed by atoms with van der Waals surface area (Å²) >= 11 is 0. The molecule has 1 saturated heterocycles. The van der Waals surface area contributed by atoms with Gasteiger partial charge in [0.1, 0.15) is 0 Å². The highest BCUT2D eigenvalue weighted by Crippen LogP contribution is 2.24. The Morgan fingerprint density at radius 2 is 1.55 bits per heavy atom. The number of rotatable bonds is 5. The number of nitrogens with one attached hydrogen (secondary N) is 3. The number of carbonyl (C=O) groups is 2. The second kappa shape index (κ2) is 9.08. The molecule has 2 aliphatic rings. The summed E-state index contributed by atoms with van der Waals surface area (Å²) in [6, 6.07) is 25.3. The van der Waals surface area contributed by atoms with Gasteiger partial charge in [0.25, 0.3) is 5.91 Å². The van der Waals surface area contributed by atoms with Gasteiger partial charge in [-0.25, -0.2) is 4.79 Å². The summed E-state index contributed by atoms with van der Waals surface area (Å²) < 4.78 is 0. The quantitative estimate of drug-likeness (QED) is 0.563. The Balaban J connectivity index is 1.21. The summed E-state index contributed by atoms with van der Waals surface area (Å²) in [5.74, 6) is -0.0949. The third-order valence-corrected chi connectivity index (χ3v) is 6.53.